The minimum Gasteiger partial charge on any atom is -0.487 e. The van der Waals surface area contributed by atoms with Crippen LogP contribution < -0.4 is 10.1 Å². The van der Waals surface area contributed by atoms with Crippen LogP contribution in [-0.4, -0.2) is 35.8 Å². The number of nitrogens with one attached hydrogen (secondary N) is 1. The molecule has 0 unspecified atom stereocenters. The second-order valence-corrected chi connectivity index (χ2v) is 7.80. The van der Waals surface area contributed by atoms with E-state index in [2.05, 4.69) is 32.3 Å². The van der Waals surface area contributed by atoms with E-state index in [-0.39, 0.29) is 6.10 Å². The molecular weight excluding hydrogens is 378 g/mol. The van der Waals surface area contributed by atoms with Gasteiger partial charge in [-0.3, -0.25) is 4.68 Å². The molecule has 158 valence electrons. The van der Waals surface area contributed by atoms with Crippen molar-refractivity contribution in [2.75, 3.05) is 5.32 Å². The highest BCUT2D eigenvalue weighted by molar-refractivity contribution is 5.72. The standard InChI is InChI=1S/C22H29N7O/c1-4-8-16-11-12-23-22(27-16)28-21-18(13-25-29(21)3)20-24-14-19(15(2)26-20)30-17-9-6-5-7-10-17/h11-14,17H,4-10H2,1-3H3,(H,23,27,28). The molecule has 0 spiro atoms. The van der Waals surface area contributed by atoms with Crippen LogP contribution in [0.4, 0.5) is 11.8 Å². The molecule has 1 fully saturated rings. The summed E-state index contributed by atoms with van der Waals surface area (Å²) < 4.78 is 7.91. The fraction of sp³-hybridized carbons (Fsp3) is 0.500. The molecule has 0 atom stereocenters. The molecule has 3 heterocycles. The minimum atomic E-state index is 0.273. The van der Waals surface area contributed by atoms with E-state index < -0.39 is 0 Å². The third-order valence-electron chi connectivity index (χ3n) is 5.41. The minimum absolute atomic E-state index is 0.273. The number of rotatable bonds is 7. The van der Waals surface area contributed by atoms with E-state index in [1.807, 2.05) is 20.0 Å². The van der Waals surface area contributed by atoms with Crippen LogP contribution >= 0.6 is 0 Å². The zero-order chi connectivity index (χ0) is 20.9. The molecule has 8 heteroatoms. The number of nitrogens with zero attached hydrogens (tertiary/aromatic N) is 6. The summed E-state index contributed by atoms with van der Waals surface area (Å²) >= 11 is 0. The predicted molar refractivity (Wildman–Crippen MR) is 116 cm³/mol. The van der Waals surface area contributed by atoms with Crippen molar-refractivity contribution in [2.24, 2.45) is 7.05 Å². The van der Waals surface area contributed by atoms with E-state index in [4.69, 9.17) is 9.72 Å². The molecule has 1 N–H and O–H groups in total. The van der Waals surface area contributed by atoms with Crippen molar-refractivity contribution in [1.29, 1.82) is 0 Å². The molecule has 1 aliphatic carbocycles. The smallest absolute Gasteiger partial charge is 0.228 e. The van der Waals surface area contributed by atoms with Crippen molar-refractivity contribution in [3.63, 3.8) is 0 Å². The van der Waals surface area contributed by atoms with E-state index in [0.717, 1.165) is 54.2 Å². The molecule has 0 aromatic carbocycles. The van der Waals surface area contributed by atoms with Gasteiger partial charge < -0.3 is 10.1 Å². The molecule has 3 aromatic heterocycles. The van der Waals surface area contributed by atoms with Gasteiger partial charge in [0.25, 0.3) is 0 Å². The fourth-order valence-corrected chi connectivity index (χ4v) is 3.77. The van der Waals surface area contributed by atoms with Crippen LogP contribution in [0.15, 0.2) is 24.7 Å². The Morgan fingerprint density at radius 1 is 1.13 bits per heavy atom. The first kappa shape index (κ1) is 20.3. The Kier molecular flexibility index (Phi) is 6.21. The third kappa shape index (κ3) is 4.58. The molecule has 30 heavy (non-hydrogen) atoms. The van der Waals surface area contributed by atoms with Crippen molar-refractivity contribution in [2.45, 2.75) is 64.9 Å². The number of aryl methyl sites for hydroxylation is 3. The molecule has 1 aliphatic rings. The molecular formula is C22H29N7O. The number of hydrogen-bond donors (Lipinski definition) is 1. The second-order valence-electron chi connectivity index (χ2n) is 7.80. The van der Waals surface area contributed by atoms with Crippen LogP contribution in [0, 0.1) is 6.92 Å². The van der Waals surface area contributed by atoms with Gasteiger partial charge in [-0.15, -0.1) is 0 Å². The second kappa shape index (κ2) is 9.19. The highest BCUT2D eigenvalue weighted by Gasteiger charge is 2.19. The van der Waals surface area contributed by atoms with Crippen molar-refractivity contribution in [3.05, 3.63) is 36.0 Å². The molecule has 8 nitrogen and oxygen atoms in total. The maximum absolute atomic E-state index is 6.16. The Morgan fingerprint density at radius 2 is 1.97 bits per heavy atom. The number of anilines is 2. The topological polar surface area (TPSA) is 90.6 Å². The maximum Gasteiger partial charge on any atom is 0.228 e. The van der Waals surface area contributed by atoms with Crippen LogP contribution in [0.3, 0.4) is 0 Å². The largest absolute Gasteiger partial charge is 0.487 e. The Morgan fingerprint density at radius 3 is 2.73 bits per heavy atom. The molecule has 0 saturated heterocycles. The molecule has 1 saturated carbocycles. The van der Waals surface area contributed by atoms with Crippen LogP contribution in [0.1, 0.15) is 56.8 Å². The Balaban J connectivity index is 1.56. The lowest BCUT2D eigenvalue weighted by Crippen LogP contribution is -2.20. The normalized spacial score (nSPS) is 14.6. The van der Waals surface area contributed by atoms with Gasteiger partial charge in [-0.05, 0) is 45.1 Å². The van der Waals surface area contributed by atoms with E-state index in [9.17, 15) is 0 Å². The SMILES string of the molecule is CCCc1ccnc(Nc2c(-c3ncc(OC4CCCCC4)c(C)n3)cnn2C)n1. The Labute approximate surface area is 177 Å². The lowest BCUT2D eigenvalue weighted by atomic mass is 9.98. The third-order valence-corrected chi connectivity index (χ3v) is 5.41. The summed E-state index contributed by atoms with van der Waals surface area (Å²) in [5.74, 6) is 2.66. The van der Waals surface area contributed by atoms with Gasteiger partial charge in [0.1, 0.15) is 5.82 Å². The number of hydrogen-bond acceptors (Lipinski definition) is 7. The van der Waals surface area contributed by atoms with Crippen LogP contribution in [-0.2, 0) is 13.5 Å². The Bertz CT molecular complexity index is 995. The molecule has 3 aromatic rings. The monoisotopic (exact) mass is 407 g/mol. The van der Waals surface area contributed by atoms with Crippen molar-refractivity contribution in [1.82, 2.24) is 29.7 Å². The molecule has 0 radical (unpaired) electrons. The van der Waals surface area contributed by atoms with Gasteiger partial charge in [0.2, 0.25) is 5.95 Å². The van der Waals surface area contributed by atoms with Gasteiger partial charge in [0, 0.05) is 18.9 Å². The Hall–Kier alpha value is -3.03. The average Bonchev–Trinajstić information content (AvgIpc) is 3.11. The number of aromatic nitrogens is 6. The van der Waals surface area contributed by atoms with Gasteiger partial charge in [-0.1, -0.05) is 19.8 Å². The van der Waals surface area contributed by atoms with E-state index in [1.54, 1.807) is 23.3 Å². The molecule has 0 amide bonds. The first-order valence-electron chi connectivity index (χ1n) is 10.8. The van der Waals surface area contributed by atoms with Crippen LogP contribution in [0.25, 0.3) is 11.4 Å². The van der Waals surface area contributed by atoms with Crippen molar-refractivity contribution in [3.8, 4) is 17.1 Å². The molecule has 0 aliphatic heterocycles. The lowest BCUT2D eigenvalue weighted by molar-refractivity contribution is 0.152. The summed E-state index contributed by atoms with van der Waals surface area (Å²) in [4.78, 5) is 18.2. The molecule has 0 bridgehead atoms. The maximum atomic E-state index is 6.16. The van der Waals surface area contributed by atoms with Gasteiger partial charge >= 0.3 is 0 Å². The highest BCUT2D eigenvalue weighted by Crippen LogP contribution is 2.29. The first-order chi connectivity index (χ1) is 14.6. The van der Waals surface area contributed by atoms with Crippen LogP contribution in [0.2, 0.25) is 0 Å². The van der Waals surface area contributed by atoms with Gasteiger partial charge in [0.05, 0.1) is 29.8 Å². The summed E-state index contributed by atoms with van der Waals surface area (Å²) in [5, 5.41) is 7.67. The summed E-state index contributed by atoms with van der Waals surface area (Å²) in [7, 11) is 1.87. The van der Waals surface area contributed by atoms with Crippen molar-refractivity contribution >= 4 is 11.8 Å². The summed E-state index contributed by atoms with van der Waals surface area (Å²) in [6, 6.07) is 1.94. The average molecular weight is 408 g/mol. The van der Waals surface area contributed by atoms with Crippen LogP contribution in [0.5, 0.6) is 5.75 Å². The van der Waals surface area contributed by atoms with Crippen molar-refractivity contribution < 1.29 is 4.74 Å². The van der Waals surface area contributed by atoms with E-state index in [1.165, 1.54) is 19.3 Å². The quantitative estimate of drug-likeness (QED) is 0.621. The highest BCUT2D eigenvalue weighted by atomic mass is 16.5. The van der Waals surface area contributed by atoms with Gasteiger partial charge in [0.15, 0.2) is 11.6 Å². The van der Waals surface area contributed by atoms with Gasteiger partial charge in [-0.2, -0.15) is 5.10 Å². The summed E-state index contributed by atoms with van der Waals surface area (Å²) in [5.41, 5.74) is 2.64. The lowest BCUT2D eigenvalue weighted by Gasteiger charge is -2.23. The number of ether oxygens (including phenoxy) is 1. The fourth-order valence-electron chi connectivity index (χ4n) is 3.77. The van der Waals surface area contributed by atoms with E-state index in [0.29, 0.717) is 11.8 Å². The summed E-state index contributed by atoms with van der Waals surface area (Å²) in [6.07, 6.45) is 13.5. The zero-order valence-corrected chi connectivity index (χ0v) is 17.9. The van der Waals surface area contributed by atoms with E-state index >= 15 is 0 Å². The first-order valence-corrected chi connectivity index (χ1v) is 10.8. The molecule has 4 rings (SSSR count). The predicted octanol–water partition coefficient (Wildman–Crippen LogP) is 4.38. The zero-order valence-electron chi connectivity index (χ0n) is 17.9. The van der Waals surface area contributed by atoms with Gasteiger partial charge in [-0.25, -0.2) is 19.9 Å². The summed E-state index contributed by atoms with van der Waals surface area (Å²) in [6.45, 7) is 4.10.